The van der Waals surface area contributed by atoms with E-state index in [0.717, 1.165) is 0 Å². The molecule has 0 aliphatic carbocycles. The van der Waals surface area contributed by atoms with Crippen LogP contribution in [-0.4, -0.2) is 126 Å². The minimum atomic E-state index is -1.81. The predicted molar refractivity (Wildman–Crippen MR) is 170 cm³/mol. The Morgan fingerprint density at radius 1 is 1.11 bits per heavy atom. The minimum absolute atomic E-state index is 0.217. The lowest BCUT2D eigenvalue weighted by Gasteiger charge is -2.48. The molecule has 2 rings (SSSR count). The van der Waals surface area contributed by atoms with E-state index in [1.165, 1.54) is 13.8 Å². The van der Waals surface area contributed by atoms with Crippen molar-refractivity contribution < 1.29 is 48.6 Å². The first-order chi connectivity index (χ1) is 20.8. The third-order valence-corrected chi connectivity index (χ3v) is 10.1. The molecule has 0 amide bonds. The molecule has 2 saturated heterocycles. The van der Waals surface area contributed by atoms with E-state index in [1.54, 1.807) is 34.9 Å². The maximum absolute atomic E-state index is 13.7. The van der Waals surface area contributed by atoms with Gasteiger partial charge in [0.25, 0.3) is 0 Å². The van der Waals surface area contributed by atoms with E-state index >= 15 is 0 Å². The highest BCUT2D eigenvalue weighted by Gasteiger charge is 2.52. The molecule has 14 unspecified atom stereocenters. The molecule has 3 N–H and O–H groups in total. The number of nitrogens with zero attached hydrogens (tertiary/aromatic N) is 2. The minimum Gasteiger partial charge on any atom is -0.461 e. The van der Waals surface area contributed by atoms with Crippen molar-refractivity contribution in [1.82, 2.24) is 4.90 Å². The Kier molecular flexibility index (Phi) is 14.0. The van der Waals surface area contributed by atoms with Gasteiger partial charge in [0.2, 0.25) is 0 Å². The molecule has 2 aliphatic rings. The Balaban J connectivity index is 2.77. The number of cyclic esters (lactones) is 1. The van der Waals surface area contributed by atoms with Crippen LogP contribution in [0.1, 0.15) is 81.6 Å². The second-order valence-electron chi connectivity index (χ2n) is 13.9. The van der Waals surface area contributed by atoms with Crippen LogP contribution in [0.2, 0.25) is 0 Å². The Bertz CT molecular complexity index is 1020. The van der Waals surface area contributed by atoms with Crippen LogP contribution in [0, 0.1) is 23.7 Å². The number of carbonyl (C=O) groups excluding carboxylic acids is 2. The van der Waals surface area contributed by atoms with Crippen LogP contribution in [0.5, 0.6) is 0 Å². The summed E-state index contributed by atoms with van der Waals surface area (Å²) in [6.07, 6.45) is -5.39. The first-order valence-electron chi connectivity index (χ1n) is 16.2. The molecule has 0 aromatic heterocycles. The SMILES string of the molecule is CCC1OC(=O)C(C)C(OC(C)=O)C(C)C(OC2OC(C)CC(N(C)C)C2O)C(C)(OC)CC(C)C(=NC)C(C)C(O)C1(C)O. The van der Waals surface area contributed by atoms with E-state index < -0.39 is 77.7 Å². The summed E-state index contributed by atoms with van der Waals surface area (Å²) >= 11 is 0. The fourth-order valence-corrected chi connectivity index (χ4v) is 7.41. The summed E-state index contributed by atoms with van der Waals surface area (Å²) in [5.41, 5.74) is -2.27. The van der Waals surface area contributed by atoms with Gasteiger partial charge in [0.05, 0.1) is 29.8 Å². The van der Waals surface area contributed by atoms with Gasteiger partial charge in [0, 0.05) is 44.7 Å². The average molecular weight is 645 g/mol. The molecular formula is C33H60N2O10. The molecule has 2 fully saturated rings. The predicted octanol–water partition coefficient (Wildman–Crippen LogP) is 2.59. The summed E-state index contributed by atoms with van der Waals surface area (Å²) in [4.78, 5) is 32.6. The number of likely N-dealkylation sites (N-methyl/N-ethyl adjacent to an activating group) is 1. The van der Waals surface area contributed by atoms with Gasteiger partial charge in [-0.15, -0.1) is 0 Å². The van der Waals surface area contributed by atoms with Crippen LogP contribution in [0.3, 0.4) is 0 Å². The Morgan fingerprint density at radius 3 is 2.20 bits per heavy atom. The average Bonchev–Trinajstić information content (AvgIpc) is 2.96. The van der Waals surface area contributed by atoms with Gasteiger partial charge in [-0.3, -0.25) is 14.6 Å². The summed E-state index contributed by atoms with van der Waals surface area (Å²) in [5.74, 6) is -3.85. The number of hydrogen-bond donors (Lipinski definition) is 3. The third kappa shape index (κ3) is 8.82. The van der Waals surface area contributed by atoms with E-state index in [2.05, 4.69) is 4.99 Å². The summed E-state index contributed by atoms with van der Waals surface area (Å²) in [7, 11) is 6.97. The van der Waals surface area contributed by atoms with E-state index in [-0.39, 0.29) is 24.5 Å². The summed E-state index contributed by atoms with van der Waals surface area (Å²) in [5, 5.41) is 34.5. The number of aliphatic hydroxyl groups excluding tert-OH is 2. The number of ether oxygens (including phenoxy) is 5. The summed E-state index contributed by atoms with van der Waals surface area (Å²) in [6, 6.07) is -0.238. The first-order valence-corrected chi connectivity index (χ1v) is 16.2. The van der Waals surface area contributed by atoms with E-state index in [1.807, 2.05) is 46.7 Å². The van der Waals surface area contributed by atoms with Crippen molar-refractivity contribution in [3.8, 4) is 0 Å². The highest BCUT2D eigenvalue weighted by Crippen LogP contribution is 2.40. The molecule has 0 aromatic rings. The van der Waals surface area contributed by atoms with Gasteiger partial charge in [-0.2, -0.15) is 0 Å². The van der Waals surface area contributed by atoms with Crippen molar-refractivity contribution in [1.29, 1.82) is 0 Å². The molecule has 14 atom stereocenters. The lowest BCUT2D eigenvalue weighted by atomic mass is 9.73. The summed E-state index contributed by atoms with van der Waals surface area (Å²) in [6.45, 7) is 15.4. The van der Waals surface area contributed by atoms with Crippen LogP contribution < -0.4 is 0 Å². The van der Waals surface area contributed by atoms with Gasteiger partial charge in [-0.1, -0.05) is 27.7 Å². The van der Waals surface area contributed by atoms with Crippen molar-refractivity contribution in [2.75, 3.05) is 28.3 Å². The highest BCUT2D eigenvalue weighted by atomic mass is 16.7. The molecule has 12 nitrogen and oxygen atoms in total. The van der Waals surface area contributed by atoms with E-state index in [9.17, 15) is 24.9 Å². The van der Waals surface area contributed by atoms with Gasteiger partial charge in [0.1, 0.15) is 23.9 Å². The summed E-state index contributed by atoms with van der Waals surface area (Å²) < 4.78 is 30.8. The van der Waals surface area contributed by atoms with Gasteiger partial charge >= 0.3 is 11.9 Å². The third-order valence-electron chi connectivity index (χ3n) is 10.1. The van der Waals surface area contributed by atoms with Gasteiger partial charge in [0.15, 0.2) is 6.29 Å². The van der Waals surface area contributed by atoms with Crippen LogP contribution in [0.15, 0.2) is 4.99 Å². The lowest BCUT2D eigenvalue weighted by Crippen LogP contribution is -2.60. The topological polar surface area (TPSA) is 157 Å². The fourth-order valence-electron chi connectivity index (χ4n) is 7.41. The lowest BCUT2D eigenvalue weighted by molar-refractivity contribution is -0.301. The number of methoxy groups -OCH3 is 1. The smallest absolute Gasteiger partial charge is 0.312 e. The maximum Gasteiger partial charge on any atom is 0.312 e. The molecular weight excluding hydrogens is 584 g/mol. The molecule has 2 aliphatic heterocycles. The molecule has 0 bridgehead atoms. The first kappa shape index (κ1) is 39.5. The number of esters is 2. The zero-order chi connectivity index (χ0) is 34.6. The fraction of sp³-hybridized carbons (Fsp3) is 0.909. The van der Waals surface area contributed by atoms with E-state index in [0.29, 0.717) is 18.6 Å². The molecule has 2 heterocycles. The number of aliphatic imine (C=N–C) groups is 1. The molecule has 45 heavy (non-hydrogen) atoms. The zero-order valence-electron chi connectivity index (χ0n) is 29.6. The second kappa shape index (κ2) is 16.0. The molecule has 0 saturated carbocycles. The number of rotatable bonds is 6. The van der Waals surface area contributed by atoms with Crippen LogP contribution in [0.25, 0.3) is 0 Å². The van der Waals surface area contributed by atoms with Crippen molar-refractivity contribution in [3.05, 3.63) is 0 Å². The van der Waals surface area contributed by atoms with Crippen LogP contribution in [-0.2, 0) is 33.3 Å². The van der Waals surface area contributed by atoms with Gasteiger partial charge in [-0.05, 0) is 67.0 Å². The zero-order valence-corrected chi connectivity index (χ0v) is 29.6. The van der Waals surface area contributed by atoms with Gasteiger partial charge in [-0.25, -0.2) is 0 Å². The molecule has 0 spiro atoms. The largest absolute Gasteiger partial charge is 0.461 e. The highest BCUT2D eigenvalue weighted by molar-refractivity contribution is 5.89. The Labute approximate surface area is 269 Å². The van der Waals surface area contributed by atoms with Gasteiger partial charge < -0.3 is 43.9 Å². The molecule has 12 heteroatoms. The second-order valence-corrected chi connectivity index (χ2v) is 13.9. The van der Waals surface area contributed by atoms with Crippen molar-refractivity contribution in [2.24, 2.45) is 28.7 Å². The number of aliphatic hydroxyl groups is 3. The quantitative estimate of drug-likeness (QED) is 0.365. The standard InChI is InChI=1S/C33H60N2O10/c1-14-24-33(9,40)28(38)19(4)25(34-10)17(2)16-32(8,41-13)29(20(5)27(43-22(7)36)21(6)30(39)44-24)45-31-26(37)23(35(11)12)15-18(3)42-31/h17-21,23-24,26-29,31,37-38,40H,14-16H2,1-13H3. The van der Waals surface area contributed by atoms with Crippen molar-refractivity contribution in [3.63, 3.8) is 0 Å². The van der Waals surface area contributed by atoms with Crippen LogP contribution >= 0.6 is 0 Å². The normalized spacial score (nSPS) is 45.2. The number of carbonyl (C=O) groups is 2. The Hall–Kier alpha value is -1.67. The van der Waals surface area contributed by atoms with Crippen molar-refractivity contribution >= 4 is 17.7 Å². The molecule has 0 radical (unpaired) electrons. The monoisotopic (exact) mass is 644 g/mol. The maximum atomic E-state index is 13.7. The number of hydrogen-bond acceptors (Lipinski definition) is 12. The van der Waals surface area contributed by atoms with Crippen LogP contribution in [0.4, 0.5) is 0 Å². The van der Waals surface area contributed by atoms with E-state index in [4.69, 9.17) is 23.7 Å². The molecule has 0 aromatic carbocycles. The molecule has 262 valence electrons. The van der Waals surface area contributed by atoms with Crippen molar-refractivity contribution in [2.45, 2.75) is 142 Å². The Morgan fingerprint density at radius 2 is 1.71 bits per heavy atom.